The van der Waals surface area contributed by atoms with Gasteiger partial charge in [-0.25, -0.2) is 4.39 Å². The highest BCUT2D eigenvalue weighted by Gasteiger charge is 2.13. The molecule has 4 heteroatoms. The molecule has 1 aromatic carbocycles. The van der Waals surface area contributed by atoms with E-state index in [2.05, 4.69) is 29.1 Å². The Hall–Kier alpha value is -0.900. The van der Waals surface area contributed by atoms with E-state index in [0.717, 1.165) is 31.4 Å². The molecule has 0 radical (unpaired) electrons. The Bertz CT molecular complexity index is 527. The van der Waals surface area contributed by atoms with Gasteiger partial charge in [-0.3, -0.25) is 0 Å². The lowest BCUT2D eigenvalue weighted by atomic mass is 10.00. The quantitative estimate of drug-likeness (QED) is 0.782. The van der Waals surface area contributed by atoms with Gasteiger partial charge in [0.15, 0.2) is 0 Å². The summed E-state index contributed by atoms with van der Waals surface area (Å²) in [5.74, 6) is -0.228. The van der Waals surface area contributed by atoms with E-state index in [4.69, 9.17) is 11.6 Å². The lowest BCUT2D eigenvalue weighted by molar-refractivity contribution is 0.504. The second kappa shape index (κ2) is 7.77. The van der Waals surface area contributed by atoms with Crippen molar-refractivity contribution in [2.45, 2.75) is 32.2 Å². The molecule has 0 aliphatic rings. The standard InChI is InChI=1S/C16H19ClFNS/c1-2-6-19-15(8-12-5-7-20-11-12)10-13-9-14(18)3-4-16(13)17/h3-5,7,9,11,15,19H,2,6,8,10H2,1H3. The molecule has 0 saturated heterocycles. The van der Waals surface area contributed by atoms with E-state index >= 15 is 0 Å². The van der Waals surface area contributed by atoms with Crippen LogP contribution in [0.5, 0.6) is 0 Å². The molecule has 0 aliphatic heterocycles. The number of halogens is 2. The molecule has 0 saturated carbocycles. The van der Waals surface area contributed by atoms with Crippen LogP contribution in [-0.2, 0) is 12.8 Å². The average Bonchev–Trinajstić information content (AvgIpc) is 2.93. The van der Waals surface area contributed by atoms with Crippen molar-refractivity contribution in [2.24, 2.45) is 0 Å². The molecule has 0 spiro atoms. The van der Waals surface area contributed by atoms with E-state index in [0.29, 0.717) is 5.02 Å². The molecule has 1 heterocycles. The van der Waals surface area contributed by atoms with Crippen molar-refractivity contribution in [3.63, 3.8) is 0 Å². The van der Waals surface area contributed by atoms with Gasteiger partial charge in [0, 0.05) is 11.1 Å². The molecule has 1 unspecified atom stereocenters. The summed E-state index contributed by atoms with van der Waals surface area (Å²) < 4.78 is 13.3. The monoisotopic (exact) mass is 311 g/mol. The van der Waals surface area contributed by atoms with Crippen molar-refractivity contribution in [1.29, 1.82) is 0 Å². The van der Waals surface area contributed by atoms with Crippen LogP contribution in [0, 0.1) is 5.82 Å². The zero-order valence-electron chi connectivity index (χ0n) is 11.5. The van der Waals surface area contributed by atoms with E-state index in [1.807, 2.05) is 0 Å². The summed E-state index contributed by atoms with van der Waals surface area (Å²) >= 11 is 7.87. The molecule has 1 aromatic heterocycles. The van der Waals surface area contributed by atoms with Crippen molar-refractivity contribution in [3.8, 4) is 0 Å². The van der Waals surface area contributed by atoms with Crippen LogP contribution in [0.15, 0.2) is 35.0 Å². The molecule has 20 heavy (non-hydrogen) atoms. The summed E-state index contributed by atoms with van der Waals surface area (Å²) in [6.45, 7) is 3.10. The van der Waals surface area contributed by atoms with Crippen LogP contribution >= 0.6 is 22.9 Å². The fraction of sp³-hybridized carbons (Fsp3) is 0.375. The van der Waals surface area contributed by atoms with Gasteiger partial charge in [-0.2, -0.15) is 11.3 Å². The first kappa shape index (κ1) is 15.5. The molecule has 0 aliphatic carbocycles. The van der Waals surface area contributed by atoms with Crippen LogP contribution in [0.2, 0.25) is 5.02 Å². The van der Waals surface area contributed by atoms with Gasteiger partial charge < -0.3 is 5.32 Å². The van der Waals surface area contributed by atoms with Gasteiger partial charge in [-0.05, 0) is 72.0 Å². The number of nitrogens with one attached hydrogen (secondary N) is 1. The molecule has 2 aromatic rings. The van der Waals surface area contributed by atoms with Gasteiger partial charge in [0.1, 0.15) is 5.82 Å². The fourth-order valence-electron chi connectivity index (χ4n) is 2.22. The maximum absolute atomic E-state index is 13.3. The van der Waals surface area contributed by atoms with Crippen molar-refractivity contribution < 1.29 is 4.39 Å². The van der Waals surface area contributed by atoms with Crippen molar-refractivity contribution in [1.82, 2.24) is 5.32 Å². The van der Waals surface area contributed by atoms with Gasteiger partial charge in [-0.15, -0.1) is 0 Å². The lowest BCUT2D eigenvalue weighted by Crippen LogP contribution is -2.33. The molecule has 0 bridgehead atoms. The Morgan fingerprint density at radius 3 is 2.85 bits per heavy atom. The topological polar surface area (TPSA) is 12.0 Å². The second-order valence-electron chi connectivity index (χ2n) is 4.93. The Balaban J connectivity index is 2.08. The summed E-state index contributed by atoms with van der Waals surface area (Å²) in [6.07, 6.45) is 2.76. The summed E-state index contributed by atoms with van der Waals surface area (Å²) in [5, 5.41) is 8.41. The van der Waals surface area contributed by atoms with E-state index in [-0.39, 0.29) is 11.9 Å². The Kier molecular flexibility index (Phi) is 6.02. The predicted molar refractivity (Wildman–Crippen MR) is 85.2 cm³/mol. The number of rotatable bonds is 7. The Labute approximate surface area is 128 Å². The summed E-state index contributed by atoms with van der Waals surface area (Å²) in [5.41, 5.74) is 2.19. The first-order valence-electron chi connectivity index (χ1n) is 6.87. The zero-order valence-corrected chi connectivity index (χ0v) is 13.1. The Morgan fingerprint density at radius 2 is 2.15 bits per heavy atom. The SMILES string of the molecule is CCCNC(Cc1ccsc1)Cc1cc(F)ccc1Cl. The molecule has 0 fully saturated rings. The van der Waals surface area contributed by atoms with Crippen LogP contribution in [0.1, 0.15) is 24.5 Å². The van der Waals surface area contributed by atoms with Gasteiger partial charge in [-0.1, -0.05) is 18.5 Å². The van der Waals surface area contributed by atoms with Crippen LogP contribution < -0.4 is 5.32 Å². The number of hydrogen-bond donors (Lipinski definition) is 1. The van der Waals surface area contributed by atoms with Crippen molar-refractivity contribution in [3.05, 3.63) is 57.0 Å². The van der Waals surface area contributed by atoms with E-state index < -0.39 is 0 Å². The molecule has 0 amide bonds. The van der Waals surface area contributed by atoms with Crippen molar-refractivity contribution >= 4 is 22.9 Å². The maximum Gasteiger partial charge on any atom is 0.123 e. The Morgan fingerprint density at radius 1 is 1.30 bits per heavy atom. The second-order valence-corrected chi connectivity index (χ2v) is 6.11. The molecule has 1 atom stereocenters. The number of hydrogen-bond acceptors (Lipinski definition) is 2. The summed E-state index contributed by atoms with van der Waals surface area (Å²) in [7, 11) is 0. The van der Waals surface area contributed by atoms with Crippen LogP contribution in [-0.4, -0.2) is 12.6 Å². The minimum Gasteiger partial charge on any atom is -0.313 e. The first-order chi connectivity index (χ1) is 9.69. The molecular weight excluding hydrogens is 293 g/mol. The number of thiophene rings is 1. The van der Waals surface area contributed by atoms with E-state index in [1.165, 1.54) is 17.7 Å². The van der Waals surface area contributed by atoms with Gasteiger partial charge in [0.25, 0.3) is 0 Å². The molecule has 108 valence electrons. The lowest BCUT2D eigenvalue weighted by Gasteiger charge is -2.19. The molecular formula is C16H19ClFNS. The first-order valence-corrected chi connectivity index (χ1v) is 8.19. The van der Waals surface area contributed by atoms with Crippen molar-refractivity contribution in [2.75, 3.05) is 6.54 Å². The summed E-state index contributed by atoms with van der Waals surface area (Å²) in [6, 6.07) is 6.99. The van der Waals surface area contributed by atoms with Gasteiger partial charge in [0.05, 0.1) is 0 Å². The predicted octanol–water partition coefficient (Wildman–Crippen LogP) is 4.69. The zero-order chi connectivity index (χ0) is 14.4. The van der Waals surface area contributed by atoms with Gasteiger partial charge in [0.2, 0.25) is 0 Å². The highest BCUT2D eigenvalue weighted by atomic mass is 35.5. The third-order valence-electron chi connectivity index (χ3n) is 3.22. The highest BCUT2D eigenvalue weighted by molar-refractivity contribution is 7.07. The molecule has 2 rings (SSSR count). The third kappa shape index (κ3) is 4.58. The molecule has 1 N–H and O–H groups in total. The van der Waals surface area contributed by atoms with Gasteiger partial charge >= 0.3 is 0 Å². The average molecular weight is 312 g/mol. The minimum atomic E-state index is -0.228. The largest absolute Gasteiger partial charge is 0.313 e. The van der Waals surface area contributed by atoms with Crippen LogP contribution in [0.25, 0.3) is 0 Å². The normalized spacial score (nSPS) is 12.6. The van der Waals surface area contributed by atoms with E-state index in [1.54, 1.807) is 17.4 Å². The number of benzene rings is 1. The van der Waals surface area contributed by atoms with Crippen LogP contribution in [0.4, 0.5) is 4.39 Å². The maximum atomic E-state index is 13.3. The summed E-state index contributed by atoms with van der Waals surface area (Å²) in [4.78, 5) is 0. The molecule has 1 nitrogen and oxygen atoms in total. The fourth-order valence-corrected chi connectivity index (χ4v) is 3.10. The third-order valence-corrected chi connectivity index (χ3v) is 4.32. The highest BCUT2D eigenvalue weighted by Crippen LogP contribution is 2.20. The smallest absolute Gasteiger partial charge is 0.123 e. The van der Waals surface area contributed by atoms with E-state index in [9.17, 15) is 4.39 Å². The minimum absolute atomic E-state index is 0.228. The van der Waals surface area contributed by atoms with Crippen LogP contribution in [0.3, 0.4) is 0 Å².